The zero-order valence-electron chi connectivity index (χ0n) is 7.65. The molecule has 1 aromatic rings. The number of hydrogen-bond donors (Lipinski definition) is 1. The van der Waals surface area contributed by atoms with E-state index < -0.39 is 0 Å². The number of nitrogens with one attached hydrogen (secondary N) is 1. The lowest BCUT2D eigenvalue weighted by molar-refractivity contribution is 0.0937. The van der Waals surface area contributed by atoms with Crippen LogP contribution in [0, 0.1) is 0 Å². The van der Waals surface area contributed by atoms with Gasteiger partial charge in [-0.05, 0) is 18.9 Å². The van der Waals surface area contributed by atoms with E-state index in [0.717, 1.165) is 18.2 Å². The first-order valence-electron chi connectivity index (χ1n) is 4.40. The molecule has 82 valence electrons. The van der Waals surface area contributed by atoms with Crippen LogP contribution in [-0.2, 0) is 0 Å². The Hall–Kier alpha value is 0.230. The fraction of sp³-hybridized carbons (Fsp3) is 0.444. The second-order valence-electron chi connectivity index (χ2n) is 3.61. The van der Waals surface area contributed by atoms with Crippen LogP contribution in [0.15, 0.2) is 6.07 Å². The van der Waals surface area contributed by atoms with Crippen LogP contribution in [0.25, 0.3) is 0 Å². The van der Waals surface area contributed by atoms with Gasteiger partial charge in [0.05, 0.1) is 15.4 Å². The average Bonchev–Trinajstić information content (AvgIpc) is 2.86. The summed E-state index contributed by atoms with van der Waals surface area (Å²) < 4.78 is 0.983. The summed E-state index contributed by atoms with van der Waals surface area (Å²) in [5, 5.41) is 3.74. The normalized spacial score (nSPS) is 17.5. The molecule has 1 saturated carbocycles. The van der Waals surface area contributed by atoms with Gasteiger partial charge in [0.25, 0.3) is 5.91 Å². The molecular weight excluding hydrogens is 321 g/mol. The maximum atomic E-state index is 11.8. The van der Waals surface area contributed by atoms with Gasteiger partial charge in [-0.3, -0.25) is 4.79 Å². The number of thiophene rings is 1. The quantitative estimate of drug-likeness (QED) is 0.842. The lowest BCUT2D eigenvalue weighted by Gasteiger charge is -2.13. The lowest BCUT2D eigenvalue weighted by atomic mass is 10.2. The summed E-state index contributed by atoms with van der Waals surface area (Å²) in [4.78, 5) is 11.8. The summed E-state index contributed by atoms with van der Waals surface area (Å²) in [7, 11) is 0. The van der Waals surface area contributed by atoms with Crippen LogP contribution >= 0.6 is 50.5 Å². The van der Waals surface area contributed by atoms with Crippen molar-refractivity contribution < 1.29 is 4.79 Å². The van der Waals surface area contributed by atoms with Gasteiger partial charge in [0, 0.05) is 5.33 Å². The fourth-order valence-corrected chi connectivity index (χ4v) is 3.41. The van der Waals surface area contributed by atoms with Crippen molar-refractivity contribution in [3.05, 3.63) is 20.3 Å². The molecule has 1 amide bonds. The second kappa shape index (κ2) is 4.24. The zero-order chi connectivity index (χ0) is 11.1. The van der Waals surface area contributed by atoms with E-state index in [2.05, 4.69) is 21.2 Å². The predicted octanol–water partition coefficient (Wildman–Crippen LogP) is 3.71. The van der Waals surface area contributed by atoms with Gasteiger partial charge in [-0.15, -0.1) is 11.3 Å². The molecule has 0 aromatic carbocycles. The van der Waals surface area contributed by atoms with Crippen molar-refractivity contribution in [3.8, 4) is 0 Å². The van der Waals surface area contributed by atoms with Crippen LogP contribution in [0.5, 0.6) is 0 Å². The molecule has 2 rings (SSSR count). The summed E-state index contributed by atoms with van der Waals surface area (Å²) in [5.74, 6) is -0.139. The van der Waals surface area contributed by atoms with Crippen LogP contribution in [0.2, 0.25) is 8.67 Å². The Kier molecular flexibility index (Phi) is 3.31. The second-order valence-corrected chi connectivity index (χ2v) is 6.45. The number of carbonyl (C=O) groups is 1. The highest BCUT2D eigenvalue weighted by molar-refractivity contribution is 9.09. The third-order valence-electron chi connectivity index (χ3n) is 2.39. The van der Waals surface area contributed by atoms with Gasteiger partial charge in [-0.2, -0.15) is 0 Å². The topological polar surface area (TPSA) is 29.1 Å². The highest BCUT2D eigenvalue weighted by Crippen LogP contribution is 2.38. The van der Waals surface area contributed by atoms with Gasteiger partial charge >= 0.3 is 0 Å². The van der Waals surface area contributed by atoms with E-state index in [1.54, 1.807) is 6.07 Å². The Morgan fingerprint density at radius 2 is 2.27 bits per heavy atom. The van der Waals surface area contributed by atoms with Crippen molar-refractivity contribution in [3.63, 3.8) is 0 Å². The first kappa shape index (κ1) is 11.7. The van der Waals surface area contributed by atoms with Crippen LogP contribution in [-0.4, -0.2) is 16.8 Å². The van der Waals surface area contributed by atoms with Crippen molar-refractivity contribution in [2.45, 2.75) is 18.4 Å². The first-order valence-corrected chi connectivity index (χ1v) is 7.09. The molecule has 0 unspecified atom stereocenters. The van der Waals surface area contributed by atoms with Crippen LogP contribution in [0.1, 0.15) is 23.2 Å². The minimum Gasteiger partial charge on any atom is -0.346 e. The van der Waals surface area contributed by atoms with Crippen LogP contribution in [0.3, 0.4) is 0 Å². The number of carbonyl (C=O) groups excluding carboxylic acids is 1. The summed E-state index contributed by atoms with van der Waals surface area (Å²) >= 11 is 16.3. The smallest absolute Gasteiger partial charge is 0.254 e. The van der Waals surface area contributed by atoms with E-state index in [1.165, 1.54) is 11.3 Å². The number of amides is 1. The van der Waals surface area contributed by atoms with Crippen molar-refractivity contribution in [2.75, 3.05) is 5.33 Å². The fourth-order valence-electron chi connectivity index (χ4n) is 1.25. The molecule has 2 nitrogen and oxygen atoms in total. The van der Waals surface area contributed by atoms with Gasteiger partial charge in [0.1, 0.15) is 4.34 Å². The molecular formula is C9H8BrCl2NOS. The summed E-state index contributed by atoms with van der Waals surface area (Å²) in [6.45, 7) is 0. The van der Waals surface area contributed by atoms with Crippen molar-refractivity contribution in [2.24, 2.45) is 0 Å². The molecule has 1 heterocycles. The Balaban J connectivity index is 2.11. The molecule has 1 N–H and O–H groups in total. The van der Waals surface area contributed by atoms with E-state index in [9.17, 15) is 4.79 Å². The first-order chi connectivity index (χ1) is 7.06. The molecule has 1 fully saturated rings. The maximum absolute atomic E-state index is 11.8. The molecule has 0 spiro atoms. The Bertz CT molecular complexity index is 403. The average molecular weight is 329 g/mol. The largest absolute Gasteiger partial charge is 0.346 e. The van der Waals surface area contributed by atoms with E-state index >= 15 is 0 Å². The highest BCUT2D eigenvalue weighted by Gasteiger charge is 2.43. The van der Waals surface area contributed by atoms with Gasteiger partial charge in [0.15, 0.2) is 0 Å². The minimum absolute atomic E-state index is 0.0607. The van der Waals surface area contributed by atoms with E-state index in [-0.39, 0.29) is 11.4 Å². The number of alkyl halides is 1. The SMILES string of the molecule is O=C(NC1(CBr)CC1)c1cc(Cl)sc1Cl. The van der Waals surface area contributed by atoms with Crippen molar-refractivity contribution in [1.29, 1.82) is 0 Å². The molecule has 0 aliphatic heterocycles. The van der Waals surface area contributed by atoms with E-state index in [4.69, 9.17) is 23.2 Å². The third-order valence-corrected chi connectivity index (χ3v) is 4.95. The maximum Gasteiger partial charge on any atom is 0.254 e. The molecule has 0 bridgehead atoms. The molecule has 1 aliphatic rings. The minimum atomic E-state index is -0.139. The number of rotatable bonds is 3. The van der Waals surface area contributed by atoms with E-state index in [1.807, 2.05) is 0 Å². The van der Waals surface area contributed by atoms with E-state index in [0.29, 0.717) is 14.2 Å². The molecule has 6 heteroatoms. The Labute approximate surface area is 110 Å². The number of halogens is 3. The predicted molar refractivity (Wildman–Crippen MR) is 67.6 cm³/mol. The Morgan fingerprint density at radius 1 is 1.60 bits per heavy atom. The Morgan fingerprint density at radius 3 is 2.67 bits per heavy atom. The van der Waals surface area contributed by atoms with Crippen molar-refractivity contribution in [1.82, 2.24) is 5.32 Å². The number of hydrogen-bond acceptors (Lipinski definition) is 2. The third kappa shape index (κ3) is 2.49. The van der Waals surface area contributed by atoms with Crippen LogP contribution < -0.4 is 5.32 Å². The molecule has 0 radical (unpaired) electrons. The van der Waals surface area contributed by atoms with Gasteiger partial charge in [-0.1, -0.05) is 39.1 Å². The molecule has 1 aromatic heterocycles. The van der Waals surface area contributed by atoms with Crippen molar-refractivity contribution >= 4 is 56.4 Å². The van der Waals surface area contributed by atoms with Crippen LogP contribution in [0.4, 0.5) is 0 Å². The highest BCUT2D eigenvalue weighted by atomic mass is 79.9. The monoisotopic (exact) mass is 327 g/mol. The molecule has 0 saturated heterocycles. The summed E-state index contributed by atoms with van der Waals surface area (Å²) in [5.41, 5.74) is 0.411. The van der Waals surface area contributed by atoms with Gasteiger partial charge in [-0.25, -0.2) is 0 Å². The van der Waals surface area contributed by atoms with Gasteiger partial charge in [0.2, 0.25) is 0 Å². The molecule has 15 heavy (non-hydrogen) atoms. The van der Waals surface area contributed by atoms with Gasteiger partial charge < -0.3 is 5.32 Å². The molecule has 0 atom stereocenters. The summed E-state index contributed by atoms with van der Waals surface area (Å²) in [6, 6.07) is 1.61. The summed E-state index contributed by atoms with van der Waals surface area (Å²) in [6.07, 6.45) is 2.03. The lowest BCUT2D eigenvalue weighted by Crippen LogP contribution is -2.37. The zero-order valence-corrected chi connectivity index (χ0v) is 11.6. The molecule has 1 aliphatic carbocycles. The standard InChI is InChI=1S/C9H8BrCl2NOS/c10-4-9(1-2-9)13-8(14)5-3-6(11)15-7(5)12/h3H,1-2,4H2,(H,13,14).